The van der Waals surface area contributed by atoms with Gasteiger partial charge in [-0.2, -0.15) is 0 Å². The Labute approximate surface area is 72.0 Å². The second kappa shape index (κ2) is 6.11. The minimum atomic E-state index is 0.255. The van der Waals surface area contributed by atoms with E-state index in [-0.39, 0.29) is 11.6 Å². The molecule has 58 valence electrons. The molecular formula is C6H10O2Se2. The van der Waals surface area contributed by atoms with E-state index in [1.807, 2.05) is 0 Å². The Morgan fingerprint density at radius 2 is 1.30 bits per heavy atom. The second-order valence-corrected chi connectivity index (χ2v) is 9.27. The van der Waals surface area contributed by atoms with Gasteiger partial charge in [0.05, 0.1) is 0 Å². The van der Waals surface area contributed by atoms with Gasteiger partial charge in [-0.25, -0.2) is 0 Å². The van der Waals surface area contributed by atoms with Gasteiger partial charge >= 0.3 is 71.9 Å². The summed E-state index contributed by atoms with van der Waals surface area (Å²) in [5.41, 5.74) is 0. The first-order valence-electron chi connectivity index (χ1n) is 2.86. The quantitative estimate of drug-likeness (QED) is 0.533. The van der Waals surface area contributed by atoms with Crippen LogP contribution in [0.4, 0.5) is 0 Å². The van der Waals surface area contributed by atoms with Crippen molar-refractivity contribution < 1.29 is 9.59 Å². The minimum absolute atomic E-state index is 0.255. The molecule has 2 nitrogen and oxygen atoms in total. The van der Waals surface area contributed by atoms with Crippen LogP contribution in [0.2, 0.25) is 10.6 Å². The third-order valence-electron chi connectivity index (χ3n) is 0.608. The van der Waals surface area contributed by atoms with Gasteiger partial charge in [0.15, 0.2) is 0 Å². The standard InChI is InChI=1S/C6H10O2Se2/c1-5(7)3-9-10-4-6(2)8/h3-4H2,1-2H3. The molecule has 0 atom stereocenters. The van der Waals surface area contributed by atoms with Crippen molar-refractivity contribution in [1.82, 2.24) is 0 Å². The Morgan fingerprint density at radius 3 is 1.50 bits per heavy atom. The van der Waals surface area contributed by atoms with Gasteiger partial charge in [0.2, 0.25) is 0 Å². The zero-order valence-electron chi connectivity index (χ0n) is 6.05. The van der Waals surface area contributed by atoms with E-state index in [0.717, 1.165) is 0 Å². The summed E-state index contributed by atoms with van der Waals surface area (Å²) in [4.78, 5) is 20.9. The summed E-state index contributed by atoms with van der Waals surface area (Å²) in [6.45, 7) is 3.21. The van der Waals surface area contributed by atoms with E-state index < -0.39 is 0 Å². The Kier molecular flexibility index (Phi) is 6.34. The van der Waals surface area contributed by atoms with Gasteiger partial charge in [0.1, 0.15) is 0 Å². The Balaban J connectivity index is 3.06. The molecule has 0 fully saturated rings. The summed E-state index contributed by atoms with van der Waals surface area (Å²) in [6.07, 6.45) is 0. The molecule has 10 heavy (non-hydrogen) atoms. The van der Waals surface area contributed by atoms with Gasteiger partial charge in [-0.15, -0.1) is 0 Å². The van der Waals surface area contributed by atoms with Crippen LogP contribution in [0.1, 0.15) is 13.8 Å². The Morgan fingerprint density at radius 1 is 1.00 bits per heavy atom. The molecule has 0 amide bonds. The molecule has 0 aromatic carbocycles. The van der Waals surface area contributed by atoms with Crippen molar-refractivity contribution >= 4 is 37.8 Å². The fourth-order valence-electron chi connectivity index (χ4n) is 0.249. The van der Waals surface area contributed by atoms with Crippen LogP contribution in [0.3, 0.4) is 0 Å². The molecule has 0 heterocycles. The van der Waals surface area contributed by atoms with Crippen molar-refractivity contribution in [3.63, 3.8) is 0 Å². The second-order valence-electron chi connectivity index (χ2n) is 1.93. The zero-order chi connectivity index (χ0) is 7.98. The van der Waals surface area contributed by atoms with Gasteiger partial charge < -0.3 is 0 Å². The normalized spacial score (nSPS) is 9.40. The van der Waals surface area contributed by atoms with Crippen molar-refractivity contribution in [2.75, 3.05) is 0 Å². The van der Waals surface area contributed by atoms with Crippen LogP contribution in [-0.2, 0) is 9.59 Å². The number of rotatable bonds is 5. The van der Waals surface area contributed by atoms with Crippen molar-refractivity contribution in [3.05, 3.63) is 0 Å². The molecular weight excluding hydrogens is 262 g/mol. The summed E-state index contributed by atoms with van der Waals surface area (Å²) in [6, 6.07) is 0. The maximum atomic E-state index is 10.4. The van der Waals surface area contributed by atoms with Crippen molar-refractivity contribution in [1.29, 1.82) is 0 Å². The average molecular weight is 272 g/mol. The SMILES string of the molecule is CC(=O)C[Se][Se]CC(C)=O. The van der Waals surface area contributed by atoms with Crippen LogP contribution in [0.25, 0.3) is 0 Å². The molecule has 0 bridgehead atoms. The molecule has 0 spiro atoms. The van der Waals surface area contributed by atoms with E-state index in [9.17, 15) is 9.59 Å². The Hall–Kier alpha value is 0.379. The van der Waals surface area contributed by atoms with Gasteiger partial charge in [-0.05, 0) is 0 Å². The molecule has 0 aromatic heterocycles. The number of carbonyl (C=O) groups excluding carboxylic acids is 2. The topological polar surface area (TPSA) is 34.1 Å². The van der Waals surface area contributed by atoms with E-state index in [4.69, 9.17) is 0 Å². The number of Topliss-reactive ketones (excluding diaryl/α,β-unsaturated/α-hetero) is 2. The van der Waals surface area contributed by atoms with Crippen LogP contribution in [0.5, 0.6) is 0 Å². The summed E-state index contributed by atoms with van der Waals surface area (Å²) in [7, 11) is 0. The fraction of sp³-hybridized carbons (Fsp3) is 0.667. The molecule has 0 unspecified atom stereocenters. The summed E-state index contributed by atoms with van der Waals surface area (Å²) < 4.78 is 0. The summed E-state index contributed by atoms with van der Waals surface area (Å²) in [5.74, 6) is 0.510. The van der Waals surface area contributed by atoms with Crippen molar-refractivity contribution in [3.8, 4) is 0 Å². The number of ketones is 2. The van der Waals surface area contributed by atoms with Crippen LogP contribution < -0.4 is 0 Å². The van der Waals surface area contributed by atoms with Crippen molar-refractivity contribution in [2.45, 2.75) is 24.5 Å². The molecule has 0 aliphatic heterocycles. The van der Waals surface area contributed by atoms with Gasteiger partial charge in [0.25, 0.3) is 0 Å². The monoisotopic (exact) mass is 274 g/mol. The third kappa shape index (κ3) is 8.38. The molecule has 0 aliphatic carbocycles. The molecule has 0 rings (SSSR count). The number of carbonyl (C=O) groups is 2. The van der Waals surface area contributed by atoms with Gasteiger partial charge in [-0.3, -0.25) is 0 Å². The first kappa shape index (κ1) is 10.4. The van der Waals surface area contributed by atoms with Gasteiger partial charge in [0, 0.05) is 0 Å². The predicted molar refractivity (Wildman–Crippen MR) is 42.5 cm³/mol. The first-order chi connectivity index (χ1) is 4.63. The third-order valence-corrected chi connectivity index (χ3v) is 7.54. The van der Waals surface area contributed by atoms with E-state index in [1.54, 1.807) is 13.8 Å². The van der Waals surface area contributed by atoms with Crippen LogP contribution in [-0.4, -0.2) is 37.8 Å². The molecule has 0 saturated heterocycles. The Bertz CT molecular complexity index is 118. The zero-order valence-corrected chi connectivity index (χ0v) is 9.47. The van der Waals surface area contributed by atoms with Crippen LogP contribution in [0.15, 0.2) is 0 Å². The molecule has 0 saturated carbocycles. The molecule has 0 radical (unpaired) electrons. The van der Waals surface area contributed by atoms with Crippen LogP contribution >= 0.6 is 0 Å². The molecule has 0 aliphatic rings. The number of hydrogen-bond acceptors (Lipinski definition) is 2. The van der Waals surface area contributed by atoms with Gasteiger partial charge in [-0.1, -0.05) is 0 Å². The number of hydrogen-bond donors (Lipinski definition) is 0. The van der Waals surface area contributed by atoms with E-state index in [2.05, 4.69) is 0 Å². The van der Waals surface area contributed by atoms with E-state index in [0.29, 0.717) is 36.9 Å². The first-order valence-corrected chi connectivity index (χ1v) is 9.62. The molecule has 0 N–H and O–H groups in total. The summed E-state index contributed by atoms with van der Waals surface area (Å²) in [5, 5.41) is 1.42. The predicted octanol–water partition coefficient (Wildman–Crippen LogP) is 0.324. The average Bonchev–Trinajstić information content (AvgIpc) is 1.79. The van der Waals surface area contributed by atoms with E-state index >= 15 is 0 Å². The molecule has 0 aromatic rings. The maximum absolute atomic E-state index is 10.4. The fourth-order valence-corrected chi connectivity index (χ4v) is 6.73. The van der Waals surface area contributed by atoms with Crippen molar-refractivity contribution in [2.24, 2.45) is 0 Å². The molecule has 4 heteroatoms. The van der Waals surface area contributed by atoms with E-state index in [1.165, 1.54) is 0 Å². The summed E-state index contributed by atoms with van der Waals surface area (Å²) >= 11 is 0.842. The van der Waals surface area contributed by atoms with Crippen LogP contribution in [0, 0.1) is 0 Å².